The topological polar surface area (TPSA) is 49.4 Å². The molecule has 1 N–H and O–H groups in total. The van der Waals surface area contributed by atoms with E-state index in [1.54, 1.807) is 0 Å². The number of piperidine rings is 1. The lowest BCUT2D eigenvalue weighted by molar-refractivity contribution is 0.262. The van der Waals surface area contributed by atoms with Crippen LogP contribution in [0.4, 0.5) is 8.78 Å². The second-order valence-electron chi connectivity index (χ2n) is 5.00. The molecule has 1 aliphatic rings. The molecule has 0 aromatic heterocycles. The summed E-state index contributed by atoms with van der Waals surface area (Å²) in [5, 5.41) is 3.02. The minimum Gasteiger partial charge on any atom is -0.319 e. The fourth-order valence-corrected chi connectivity index (χ4v) is 4.12. The monoisotopic (exact) mass is 304 g/mol. The van der Waals surface area contributed by atoms with Crippen LogP contribution in [-0.2, 0) is 10.0 Å². The molecular formula is C13H18F2N2O2S. The van der Waals surface area contributed by atoms with Gasteiger partial charge in [0.25, 0.3) is 0 Å². The second kappa shape index (κ2) is 6.15. The molecule has 1 heterocycles. The largest absolute Gasteiger partial charge is 0.319 e. The molecule has 0 radical (unpaired) electrons. The van der Waals surface area contributed by atoms with Gasteiger partial charge in [-0.3, -0.25) is 0 Å². The number of hydrogen-bond acceptors (Lipinski definition) is 3. The lowest BCUT2D eigenvalue weighted by atomic mass is 10.00. The van der Waals surface area contributed by atoms with Crippen molar-refractivity contribution in [2.45, 2.75) is 17.7 Å². The summed E-state index contributed by atoms with van der Waals surface area (Å²) in [4.78, 5) is -0.455. The van der Waals surface area contributed by atoms with E-state index in [0.717, 1.165) is 31.5 Å². The zero-order chi connectivity index (χ0) is 14.8. The Labute approximate surface area is 117 Å². The van der Waals surface area contributed by atoms with E-state index in [1.165, 1.54) is 4.31 Å². The molecule has 1 aromatic rings. The van der Waals surface area contributed by atoms with Crippen LogP contribution in [0.3, 0.4) is 0 Å². The van der Waals surface area contributed by atoms with E-state index in [4.69, 9.17) is 0 Å². The third kappa shape index (κ3) is 3.16. The lowest BCUT2D eigenvalue weighted by Gasteiger charge is -2.31. The van der Waals surface area contributed by atoms with Crippen LogP contribution in [-0.4, -0.2) is 39.4 Å². The fourth-order valence-electron chi connectivity index (χ4n) is 2.52. The van der Waals surface area contributed by atoms with Crippen LogP contribution < -0.4 is 5.32 Å². The minimum atomic E-state index is -3.90. The molecule has 1 aliphatic heterocycles. The molecule has 0 saturated carbocycles. The Morgan fingerprint density at radius 1 is 1.40 bits per heavy atom. The molecule has 2 rings (SSSR count). The van der Waals surface area contributed by atoms with Gasteiger partial charge in [-0.25, -0.2) is 17.2 Å². The molecule has 0 amide bonds. The van der Waals surface area contributed by atoms with Crippen molar-refractivity contribution in [2.75, 3.05) is 26.7 Å². The van der Waals surface area contributed by atoms with Gasteiger partial charge in [0.1, 0.15) is 16.5 Å². The van der Waals surface area contributed by atoms with Gasteiger partial charge in [-0.15, -0.1) is 0 Å². The quantitative estimate of drug-likeness (QED) is 0.919. The van der Waals surface area contributed by atoms with Gasteiger partial charge in [-0.05, 0) is 44.5 Å². The van der Waals surface area contributed by atoms with E-state index in [2.05, 4.69) is 5.32 Å². The Hall–Kier alpha value is -1.05. The van der Waals surface area contributed by atoms with E-state index in [0.29, 0.717) is 19.2 Å². The maximum absolute atomic E-state index is 13.7. The summed E-state index contributed by atoms with van der Waals surface area (Å²) in [6, 6.07) is 2.55. The number of hydrogen-bond donors (Lipinski definition) is 1. The van der Waals surface area contributed by atoms with E-state index in [9.17, 15) is 17.2 Å². The van der Waals surface area contributed by atoms with Crippen molar-refractivity contribution in [3.05, 3.63) is 29.8 Å². The summed E-state index contributed by atoms with van der Waals surface area (Å²) in [7, 11) is -2.08. The van der Waals surface area contributed by atoms with Crippen LogP contribution in [0.25, 0.3) is 0 Å². The highest BCUT2D eigenvalue weighted by Crippen LogP contribution is 2.25. The van der Waals surface area contributed by atoms with E-state index in [-0.39, 0.29) is 5.92 Å². The van der Waals surface area contributed by atoms with Crippen molar-refractivity contribution >= 4 is 10.0 Å². The van der Waals surface area contributed by atoms with Crippen LogP contribution in [0, 0.1) is 17.6 Å². The predicted octanol–water partition coefficient (Wildman–Crippen LogP) is 1.58. The number of benzene rings is 1. The first-order valence-electron chi connectivity index (χ1n) is 6.55. The molecule has 4 nitrogen and oxygen atoms in total. The van der Waals surface area contributed by atoms with E-state index < -0.39 is 26.6 Å². The third-order valence-corrected chi connectivity index (χ3v) is 5.38. The molecule has 7 heteroatoms. The van der Waals surface area contributed by atoms with Gasteiger partial charge in [-0.1, -0.05) is 0 Å². The standard InChI is InChI=1S/C13H18F2N2O2S/c1-16-8-10-3-2-6-17(9-10)20(18,19)13-5-4-11(14)7-12(13)15/h4-5,7,10,16H,2-3,6,8-9H2,1H3/t10-/m0/s1. The van der Waals surface area contributed by atoms with Gasteiger partial charge in [0, 0.05) is 19.2 Å². The number of sulfonamides is 1. The van der Waals surface area contributed by atoms with Crippen molar-refractivity contribution in [2.24, 2.45) is 5.92 Å². The van der Waals surface area contributed by atoms with Crippen LogP contribution >= 0.6 is 0 Å². The average molecular weight is 304 g/mol. The summed E-state index contributed by atoms with van der Waals surface area (Å²) < 4.78 is 52.7. The zero-order valence-corrected chi connectivity index (χ0v) is 12.1. The Morgan fingerprint density at radius 3 is 2.80 bits per heavy atom. The molecule has 20 heavy (non-hydrogen) atoms. The first-order chi connectivity index (χ1) is 9.45. The van der Waals surface area contributed by atoms with Crippen LogP contribution in [0.1, 0.15) is 12.8 Å². The Balaban J connectivity index is 2.25. The molecule has 0 unspecified atom stereocenters. The fraction of sp³-hybridized carbons (Fsp3) is 0.538. The Kier molecular flexibility index (Phi) is 4.72. The van der Waals surface area contributed by atoms with Crippen LogP contribution in [0.2, 0.25) is 0 Å². The number of rotatable bonds is 4. The molecule has 1 aromatic carbocycles. The molecule has 0 spiro atoms. The van der Waals surface area contributed by atoms with Crippen LogP contribution in [0.15, 0.2) is 23.1 Å². The van der Waals surface area contributed by atoms with Crippen molar-refractivity contribution < 1.29 is 17.2 Å². The summed E-state index contributed by atoms with van der Waals surface area (Å²) in [5.41, 5.74) is 0. The van der Waals surface area contributed by atoms with Gasteiger partial charge in [-0.2, -0.15) is 4.31 Å². The molecule has 112 valence electrons. The normalized spacial score (nSPS) is 21.1. The summed E-state index contributed by atoms with van der Waals surface area (Å²) in [6.07, 6.45) is 1.69. The molecule has 0 bridgehead atoms. The lowest BCUT2D eigenvalue weighted by Crippen LogP contribution is -2.42. The summed E-state index contributed by atoms with van der Waals surface area (Å²) in [6.45, 7) is 1.46. The molecular weight excluding hydrogens is 286 g/mol. The highest BCUT2D eigenvalue weighted by molar-refractivity contribution is 7.89. The average Bonchev–Trinajstić information content (AvgIpc) is 2.39. The van der Waals surface area contributed by atoms with Crippen molar-refractivity contribution in [3.8, 4) is 0 Å². The molecule has 0 aliphatic carbocycles. The van der Waals surface area contributed by atoms with Crippen molar-refractivity contribution in [1.82, 2.24) is 9.62 Å². The van der Waals surface area contributed by atoms with Gasteiger partial charge >= 0.3 is 0 Å². The zero-order valence-electron chi connectivity index (χ0n) is 11.3. The van der Waals surface area contributed by atoms with Gasteiger partial charge in [0.05, 0.1) is 0 Å². The van der Waals surface area contributed by atoms with Crippen molar-refractivity contribution in [1.29, 1.82) is 0 Å². The second-order valence-corrected chi connectivity index (χ2v) is 6.91. The molecule has 1 fully saturated rings. The van der Waals surface area contributed by atoms with Gasteiger partial charge in [0.2, 0.25) is 10.0 Å². The number of nitrogens with zero attached hydrogens (tertiary/aromatic N) is 1. The number of nitrogens with one attached hydrogen (secondary N) is 1. The number of halogens is 2. The molecule has 1 saturated heterocycles. The highest BCUT2D eigenvalue weighted by atomic mass is 32.2. The first-order valence-corrected chi connectivity index (χ1v) is 7.99. The van der Waals surface area contributed by atoms with E-state index >= 15 is 0 Å². The SMILES string of the molecule is CNC[C@@H]1CCCN(S(=O)(=O)c2ccc(F)cc2F)C1. The van der Waals surface area contributed by atoms with Gasteiger partial charge < -0.3 is 5.32 Å². The predicted molar refractivity (Wildman–Crippen MR) is 71.8 cm³/mol. The van der Waals surface area contributed by atoms with E-state index in [1.807, 2.05) is 7.05 Å². The summed E-state index contributed by atoms with van der Waals surface area (Å²) >= 11 is 0. The third-order valence-electron chi connectivity index (χ3n) is 3.49. The first kappa shape index (κ1) is 15.3. The Bertz CT molecular complexity index is 576. The minimum absolute atomic E-state index is 0.215. The molecule has 1 atom stereocenters. The summed E-state index contributed by atoms with van der Waals surface area (Å²) in [5.74, 6) is -1.61. The van der Waals surface area contributed by atoms with Gasteiger partial charge in [0.15, 0.2) is 0 Å². The maximum atomic E-state index is 13.7. The Morgan fingerprint density at radius 2 is 2.15 bits per heavy atom. The van der Waals surface area contributed by atoms with Crippen molar-refractivity contribution in [3.63, 3.8) is 0 Å². The smallest absolute Gasteiger partial charge is 0.245 e. The highest BCUT2D eigenvalue weighted by Gasteiger charge is 2.31. The van der Waals surface area contributed by atoms with Crippen LogP contribution in [0.5, 0.6) is 0 Å². The maximum Gasteiger partial charge on any atom is 0.245 e.